The summed E-state index contributed by atoms with van der Waals surface area (Å²) < 4.78 is 1.07. The third kappa shape index (κ3) is 4.48. The summed E-state index contributed by atoms with van der Waals surface area (Å²) in [7, 11) is 1.81. The van der Waals surface area contributed by atoms with Crippen LogP contribution in [0.1, 0.15) is 25.5 Å². The molecule has 0 aromatic heterocycles. The minimum Gasteiger partial charge on any atom is -0.345 e. The average Bonchev–Trinajstić information content (AvgIpc) is 2.35. The number of amides is 1. The minimum atomic E-state index is 0.122. The zero-order valence-corrected chi connectivity index (χ0v) is 12.1. The van der Waals surface area contributed by atoms with Gasteiger partial charge in [-0.2, -0.15) is 0 Å². The average molecular weight is 299 g/mol. The van der Waals surface area contributed by atoms with Crippen LogP contribution in [0.2, 0.25) is 0 Å². The van der Waals surface area contributed by atoms with Crippen molar-refractivity contribution in [2.24, 2.45) is 0 Å². The maximum absolute atomic E-state index is 11.6. The Morgan fingerprint density at radius 2 is 2.00 bits per heavy atom. The van der Waals surface area contributed by atoms with Crippen molar-refractivity contribution in [1.82, 2.24) is 10.2 Å². The molecule has 94 valence electrons. The van der Waals surface area contributed by atoms with Crippen molar-refractivity contribution >= 4 is 21.8 Å². The van der Waals surface area contributed by atoms with Gasteiger partial charge in [-0.05, 0) is 31.5 Å². The molecule has 0 radical (unpaired) electrons. The van der Waals surface area contributed by atoms with E-state index < -0.39 is 0 Å². The van der Waals surface area contributed by atoms with Crippen LogP contribution in [0.25, 0.3) is 0 Å². The Balaban J connectivity index is 2.47. The fraction of sp³-hybridized carbons (Fsp3) is 0.462. The smallest absolute Gasteiger partial charge is 0.236 e. The number of rotatable bonds is 5. The molecule has 0 heterocycles. The molecule has 0 unspecified atom stereocenters. The SMILES string of the molecule is CCN(C)C(=O)CN[C@H](C)c1ccc(Br)cc1. The minimum absolute atomic E-state index is 0.122. The zero-order chi connectivity index (χ0) is 12.8. The molecule has 1 atom stereocenters. The van der Waals surface area contributed by atoms with Crippen LogP contribution >= 0.6 is 15.9 Å². The highest BCUT2D eigenvalue weighted by atomic mass is 79.9. The number of carbonyl (C=O) groups excluding carboxylic acids is 1. The molecule has 4 heteroatoms. The molecule has 1 N–H and O–H groups in total. The van der Waals surface area contributed by atoms with Gasteiger partial charge < -0.3 is 10.2 Å². The molecule has 3 nitrogen and oxygen atoms in total. The highest BCUT2D eigenvalue weighted by molar-refractivity contribution is 9.10. The van der Waals surface area contributed by atoms with Crippen LogP contribution in [0.15, 0.2) is 28.7 Å². The van der Waals surface area contributed by atoms with Crippen LogP contribution in [0, 0.1) is 0 Å². The fourth-order valence-corrected chi connectivity index (χ4v) is 1.69. The van der Waals surface area contributed by atoms with Gasteiger partial charge in [-0.25, -0.2) is 0 Å². The van der Waals surface area contributed by atoms with Crippen LogP contribution < -0.4 is 5.32 Å². The van der Waals surface area contributed by atoms with Crippen molar-refractivity contribution in [3.05, 3.63) is 34.3 Å². The van der Waals surface area contributed by atoms with E-state index in [9.17, 15) is 4.79 Å². The third-order valence-corrected chi connectivity index (χ3v) is 3.36. The molecule has 0 fully saturated rings. The zero-order valence-electron chi connectivity index (χ0n) is 10.5. The molecule has 0 saturated carbocycles. The van der Waals surface area contributed by atoms with Gasteiger partial charge in [-0.3, -0.25) is 4.79 Å². The molecule has 0 aliphatic carbocycles. The second kappa shape index (κ2) is 6.77. The van der Waals surface area contributed by atoms with Crippen molar-refractivity contribution in [3.63, 3.8) is 0 Å². The van der Waals surface area contributed by atoms with E-state index in [1.54, 1.807) is 4.90 Å². The number of hydrogen-bond acceptors (Lipinski definition) is 2. The van der Waals surface area contributed by atoms with E-state index in [0.29, 0.717) is 6.54 Å². The van der Waals surface area contributed by atoms with Gasteiger partial charge in [0.05, 0.1) is 6.54 Å². The first kappa shape index (κ1) is 14.2. The molecule has 0 aliphatic rings. The number of nitrogens with one attached hydrogen (secondary N) is 1. The Bertz CT molecular complexity index is 364. The molecule has 0 spiro atoms. The van der Waals surface area contributed by atoms with Crippen LogP contribution in [-0.4, -0.2) is 30.9 Å². The van der Waals surface area contributed by atoms with Gasteiger partial charge >= 0.3 is 0 Å². The predicted octanol–water partition coefficient (Wildman–Crippen LogP) is 2.58. The number of halogens is 1. The summed E-state index contributed by atoms with van der Waals surface area (Å²) in [5, 5.41) is 3.23. The van der Waals surface area contributed by atoms with Crippen molar-refractivity contribution in [2.45, 2.75) is 19.9 Å². The number of carbonyl (C=O) groups is 1. The van der Waals surface area contributed by atoms with Gasteiger partial charge in [-0.1, -0.05) is 28.1 Å². The van der Waals surface area contributed by atoms with Gasteiger partial charge in [0, 0.05) is 24.1 Å². The molecule has 1 amide bonds. The van der Waals surface area contributed by atoms with E-state index in [-0.39, 0.29) is 11.9 Å². The molecule has 17 heavy (non-hydrogen) atoms. The Morgan fingerprint density at radius 1 is 1.41 bits per heavy atom. The second-order valence-corrected chi connectivity index (χ2v) is 4.98. The molecule has 1 aromatic carbocycles. The Kier molecular flexibility index (Phi) is 5.65. The van der Waals surface area contributed by atoms with Gasteiger partial charge in [0.15, 0.2) is 0 Å². The normalized spacial score (nSPS) is 12.2. The largest absolute Gasteiger partial charge is 0.345 e. The van der Waals surface area contributed by atoms with E-state index in [0.717, 1.165) is 11.0 Å². The number of likely N-dealkylation sites (N-methyl/N-ethyl adjacent to an activating group) is 1. The Hall–Kier alpha value is -0.870. The summed E-state index contributed by atoms with van der Waals surface area (Å²) in [4.78, 5) is 13.3. The highest BCUT2D eigenvalue weighted by Crippen LogP contribution is 2.16. The first-order chi connectivity index (χ1) is 8.04. The number of nitrogens with zero attached hydrogens (tertiary/aromatic N) is 1. The standard InChI is InChI=1S/C13H19BrN2O/c1-4-16(3)13(17)9-15-10(2)11-5-7-12(14)8-6-11/h5-8,10,15H,4,9H2,1-3H3/t10-/m1/s1. The van der Waals surface area contributed by atoms with Crippen molar-refractivity contribution in [3.8, 4) is 0 Å². The van der Waals surface area contributed by atoms with Gasteiger partial charge in [0.25, 0.3) is 0 Å². The molecule has 0 bridgehead atoms. The summed E-state index contributed by atoms with van der Waals surface area (Å²) in [6, 6.07) is 8.30. The van der Waals surface area contributed by atoms with E-state index >= 15 is 0 Å². The predicted molar refractivity (Wildman–Crippen MR) is 73.9 cm³/mol. The van der Waals surface area contributed by atoms with Crippen molar-refractivity contribution < 1.29 is 4.79 Å². The lowest BCUT2D eigenvalue weighted by Crippen LogP contribution is -2.36. The van der Waals surface area contributed by atoms with Crippen LogP contribution in [0.5, 0.6) is 0 Å². The maximum atomic E-state index is 11.6. The Labute approximate surface area is 111 Å². The fourth-order valence-electron chi connectivity index (χ4n) is 1.42. The van der Waals surface area contributed by atoms with Crippen LogP contribution in [0.4, 0.5) is 0 Å². The summed E-state index contributed by atoms with van der Waals surface area (Å²) in [6.45, 7) is 5.15. The van der Waals surface area contributed by atoms with Gasteiger partial charge in [0.1, 0.15) is 0 Å². The molecular formula is C13H19BrN2O. The summed E-state index contributed by atoms with van der Waals surface area (Å²) in [5.74, 6) is 0.122. The molecule has 0 saturated heterocycles. The van der Waals surface area contributed by atoms with E-state index in [4.69, 9.17) is 0 Å². The number of hydrogen-bond donors (Lipinski definition) is 1. The first-order valence-corrected chi connectivity index (χ1v) is 6.56. The third-order valence-electron chi connectivity index (χ3n) is 2.83. The van der Waals surface area contributed by atoms with Crippen molar-refractivity contribution in [1.29, 1.82) is 0 Å². The molecule has 1 aromatic rings. The molecule has 0 aliphatic heterocycles. The summed E-state index contributed by atoms with van der Waals surface area (Å²) in [5.41, 5.74) is 1.18. The first-order valence-electron chi connectivity index (χ1n) is 5.77. The van der Waals surface area contributed by atoms with E-state index in [1.807, 2.05) is 26.1 Å². The van der Waals surface area contributed by atoms with Gasteiger partial charge in [-0.15, -0.1) is 0 Å². The quantitative estimate of drug-likeness (QED) is 0.906. The summed E-state index contributed by atoms with van der Waals surface area (Å²) >= 11 is 3.40. The molecular weight excluding hydrogens is 280 g/mol. The lowest BCUT2D eigenvalue weighted by Gasteiger charge is -2.18. The highest BCUT2D eigenvalue weighted by Gasteiger charge is 2.09. The van der Waals surface area contributed by atoms with E-state index in [2.05, 4.69) is 40.3 Å². The monoisotopic (exact) mass is 298 g/mol. The lowest BCUT2D eigenvalue weighted by molar-refractivity contribution is -0.128. The second-order valence-electron chi connectivity index (χ2n) is 4.06. The van der Waals surface area contributed by atoms with Crippen molar-refractivity contribution in [2.75, 3.05) is 20.1 Å². The molecule has 1 rings (SSSR count). The lowest BCUT2D eigenvalue weighted by atomic mass is 10.1. The van der Waals surface area contributed by atoms with E-state index in [1.165, 1.54) is 5.56 Å². The topological polar surface area (TPSA) is 32.3 Å². The van der Waals surface area contributed by atoms with Gasteiger partial charge in [0.2, 0.25) is 5.91 Å². The Morgan fingerprint density at radius 3 is 2.53 bits per heavy atom. The van der Waals surface area contributed by atoms with Crippen LogP contribution in [-0.2, 0) is 4.79 Å². The van der Waals surface area contributed by atoms with Crippen LogP contribution in [0.3, 0.4) is 0 Å². The summed E-state index contributed by atoms with van der Waals surface area (Å²) in [6.07, 6.45) is 0. The number of benzene rings is 1. The maximum Gasteiger partial charge on any atom is 0.236 e.